The first-order valence-corrected chi connectivity index (χ1v) is 11.7. The van der Waals surface area contributed by atoms with Crippen molar-refractivity contribution in [3.05, 3.63) is 54.0 Å². The number of anilines is 2. The lowest BCUT2D eigenvalue weighted by atomic mass is 10.0. The SMILES string of the molecule is Cc1cc(-c2ccnc(Nc3cnn(C(C)C)c3)n2)ccc1CNC(=O)N1CC(OC(C)C)C1. The maximum atomic E-state index is 12.4. The molecule has 2 amide bonds. The number of aryl methyl sites for hydroxylation is 1. The van der Waals surface area contributed by atoms with Gasteiger partial charge in [0.15, 0.2) is 0 Å². The van der Waals surface area contributed by atoms with Crippen molar-refractivity contribution >= 4 is 17.7 Å². The van der Waals surface area contributed by atoms with Gasteiger partial charge in [-0.3, -0.25) is 4.68 Å². The number of amides is 2. The number of rotatable bonds is 8. The molecule has 0 bridgehead atoms. The van der Waals surface area contributed by atoms with Crippen molar-refractivity contribution in [1.82, 2.24) is 30.0 Å². The molecule has 0 saturated carbocycles. The van der Waals surface area contributed by atoms with E-state index in [9.17, 15) is 4.79 Å². The van der Waals surface area contributed by atoms with Gasteiger partial charge in [0, 0.05) is 30.5 Å². The first-order chi connectivity index (χ1) is 16.3. The van der Waals surface area contributed by atoms with Crippen molar-refractivity contribution in [2.75, 3.05) is 18.4 Å². The van der Waals surface area contributed by atoms with Crippen LogP contribution in [-0.2, 0) is 11.3 Å². The number of nitrogens with zero attached hydrogens (tertiary/aromatic N) is 5. The van der Waals surface area contributed by atoms with Crippen LogP contribution in [0.4, 0.5) is 16.4 Å². The summed E-state index contributed by atoms with van der Waals surface area (Å²) in [7, 11) is 0. The number of hydrogen-bond donors (Lipinski definition) is 2. The highest BCUT2D eigenvalue weighted by Crippen LogP contribution is 2.23. The normalized spacial score (nSPS) is 13.9. The van der Waals surface area contributed by atoms with Crippen molar-refractivity contribution in [3.8, 4) is 11.3 Å². The maximum Gasteiger partial charge on any atom is 0.317 e. The molecule has 1 aromatic carbocycles. The molecule has 3 aromatic rings. The highest BCUT2D eigenvalue weighted by Gasteiger charge is 2.31. The largest absolute Gasteiger partial charge is 0.372 e. The van der Waals surface area contributed by atoms with E-state index in [1.54, 1.807) is 17.3 Å². The molecule has 9 nitrogen and oxygen atoms in total. The Labute approximate surface area is 200 Å². The van der Waals surface area contributed by atoms with Crippen LogP contribution in [0.1, 0.15) is 44.9 Å². The third-order valence-electron chi connectivity index (χ3n) is 5.71. The highest BCUT2D eigenvalue weighted by molar-refractivity contribution is 5.75. The summed E-state index contributed by atoms with van der Waals surface area (Å²) in [6.07, 6.45) is 5.77. The number of urea groups is 1. The van der Waals surface area contributed by atoms with Gasteiger partial charge in [0.25, 0.3) is 0 Å². The van der Waals surface area contributed by atoms with E-state index in [0.29, 0.717) is 25.6 Å². The van der Waals surface area contributed by atoms with Gasteiger partial charge in [0.05, 0.1) is 42.9 Å². The molecule has 1 aliphatic rings. The van der Waals surface area contributed by atoms with E-state index in [0.717, 1.165) is 28.1 Å². The third kappa shape index (κ3) is 5.72. The van der Waals surface area contributed by atoms with Crippen LogP contribution in [0.3, 0.4) is 0 Å². The van der Waals surface area contributed by atoms with E-state index in [-0.39, 0.29) is 24.3 Å². The van der Waals surface area contributed by atoms with Crippen LogP contribution in [0.5, 0.6) is 0 Å². The lowest BCUT2D eigenvalue weighted by molar-refractivity contribution is -0.0641. The van der Waals surface area contributed by atoms with E-state index in [1.165, 1.54) is 0 Å². The lowest BCUT2D eigenvalue weighted by Gasteiger charge is -2.39. The van der Waals surface area contributed by atoms with Gasteiger partial charge in [-0.05, 0) is 57.9 Å². The van der Waals surface area contributed by atoms with Gasteiger partial charge in [0.1, 0.15) is 0 Å². The number of aromatic nitrogens is 4. The van der Waals surface area contributed by atoms with Gasteiger partial charge in [-0.15, -0.1) is 0 Å². The number of carbonyl (C=O) groups is 1. The van der Waals surface area contributed by atoms with E-state index in [1.807, 2.05) is 49.8 Å². The number of nitrogens with one attached hydrogen (secondary N) is 2. The lowest BCUT2D eigenvalue weighted by Crippen LogP contribution is -2.58. The minimum absolute atomic E-state index is 0.0561. The van der Waals surface area contributed by atoms with E-state index in [4.69, 9.17) is 4.74 Å². The molecule has 0 radical (unpaired) electrons. The maximum absolute atomic E-state index is 12.4. The van der Waals surface area contributed by atoms with Crippen LogP contribution < -0.4 is 10.6 Å². The first-order valence-electron chi connectivity index (χ1n) is 11.7. The molecule has 3 heterocycles. The Bertz CT molecular complexity index is 1140. The number of hydrogen-bond acceptors (Lipinski definition) is 6. The quantitative estimate of drug-likeness (QED) is 0.517. The molecule has 34 heavy (non-hydrogen) atoms. The molecule has 0 unspecified atom stereocenters. The fourth-order valence-corrected chi connectivity index (χ4v) is 3.80. The second-order valence-corrected chi connectivity index (χ2v) is 9.21. The van der Waals surface area contributed by atoms with Gasteiger partial charge in [-0.1, -0.05) is 12.1 Å². The zero-order valence-electron chi connectivity index (χ0n) is 20.4. The average Bonchev–Trinajstić information content (AvgIpc) is 3.24. The smallest absolute Gasteiger partial charge is 0.317 e. The zero-order valence-corrected chi connectivity index (χ0v) is 20.4. The standard InChI is InChI=1S/C25H33N7O2/c1-16(2)32-13-21(12-28-32)29-24-26-9-8-23(30-24)19-6-7-20(18(5)10-19)11-27-25(33)31-14-22(15-31)34-17(3)4/h6-10,12-13,16-17,22H,11,14-15H2,1-5H3,(H,27,33)(H,26,29,30). The number of ether oxygens (including phenoxy) is 1. The summed E-state index contributed by atoms with van der Waals surface area (Å²) in [6, 6.07) is 8.26. The minimum atomic E-state index is -0.0561. The number of likely N-dealkylation sites (tertiary alicyclic amines) is 1. The Morgan fingerprint density at radius 2 is 2.00 bits per heavy atom. The van der Waals surface area contributed by atoms with Crippen molar-refractivity contribution in [1.29, 1.82) is 0 Å². The van der Waals surface area contributed by atoms with E-state index in [2.05, 4.69) is 45.6 Å². The Morgan fingerprint density at radius 1 is 1.21 bits per heavy atom. The molecule has 2 aromatic heterocycles. The fourth-order valence-electron chi connectivity index (χ4n) is 3.80. The Morgan fingerprint density at radius 3 is 2.68 bits per heavy atom. The minimum Gasteiger partial charge on any atom is -0.372 e. The van der Waals surface area contributed by atoms with Crippen molar-refractivity contribution < 1.29 is 9.53 Å². The van der Waals surface area contributed by atoms with E-state index >= 15 is 0 Å². The number of benzene rings is 1. The predicted octanol–water partition coefficient (Wildman–Crippen LogP) is 4.29. The summed E-state index contributed by atoms with van der Waals surface area (Å²) >= 11 is 0. The molecule has 4 rings (SSSR count). The molecule has 2 N–H and O–H groups in total. The average molecular weight is 464 g/mol. The second kappa shape index (κ2) is 10.2. The monoisotopic (exact) mass is 463 g/mol. The van der Waals surface area contributed by atoms with Gasteiger partial charge in [-0.25, -0.2) is 14.8 Å². The molecule has 0 aliphatic carbocycles. The highest BCUT2D eigenvalue weighted by atomic mass is 16.5. The van der Waals surface area contributed by atoms with Gasteiger partial charge < -0.3 is 20.3 Å². The van der Waals surface area contributed by atoms with Crippen molar-refractivity contribution in [3.63, 3.8) is 0 Å². The zero-order chi connectivity index (χ0) is 24.2. The summed E-state index contributed by atoms with van der Waals surface area (Å²) in [5.41, 5.74) is 4.82. The summed E-state index contributed by atoms with van der Waals surface area (Å²) < 4.78 is 7.60. The van der Waals surface area contributed by atoms with Crippen LogP contribution in [0.25, 0.3) is 11.3 Å². The van der Waals surface area contributed by atoms with Crippen LogP contribution >= 0.6 is 0 Å². The summed E-state index contributed by atoms with van der Waals surface area (Å²) in [5, 5.41) is 10.6. The second-order valence-electron chi connectivity index (χ2n) is 9.21. The van der Waals surface area contributed by atoms with Gasteiger partial charge in [0.2, 0.25) is 5.95 Å². The number of carbonyl (C=O) groups excluding carboxylic acids is 1. The molecule has 1 aliphatic heterocycles. The molecular weight excluding hydrogens is 430 g/mol. The summed E-state index contributed by atoms with van der Waals surface area (Å²) in [5.74, 6) is 0.518. The molecule has 1 saturated heterocycles. The molecule has 9 heteroatoms. The van der Waals surface area contributed by atoms with Gasteiger partial charge >= 0.3 is 6.03 Å². The Balaban J connectivity index is 1.35. The molecule has 0 atom stereocenters. The summed E-state index contributed by atoms with van der Waals surface area (Å²) in [6.45, 7) is 12.0. The fraction of sp³-hybridized carbons (Fsp3) is 0.440. The van der Waals surface area contributed by atoms with Crippen LogP contribution in [0, 0.1) is 6.92 Å². The molecule has 0 spiro atoms. The Kier molecular flexibility index (Phi) is 7.12. The van der Waals surface area contributed by atoms with E-state index < -0.39 is 0 Å². The van der Waals surface area contributed by atoms with Crippen molar-refractivity contribution in [2.24, 2.45) is 0 Å². The van der Waals surface area contributed by atoms with Gasteiger partial charge in [-0.2, -0.15) is 5.10 Å². The molecular formula is C25H33N7O2. The van der Waals surface area contributed by atoms with Crippen LogP contribution in [-0.4, -0.2) is 56.0 Å². The summed E-state index contributed by atoms with van der Waals surface area (Å²) in [4.78, 5) is 23.2. The van der Waals surface area contributed by atoms with Crippen molar-refractivity contribution in [2.45, 2.75) is 59.4 Å². The van der Waals surface area contributed by atoms with Crippen LogP contribution in [0.15, 0.2) is 42.9 Å². The first kappa shape index (κ1) is 23.7. The topological polar surface area (TPSA) is 97.2 Å². The Hall–Kier alpha value is -3.46. The third-order valence-corrected chi connectivity index (χ3v) is 5.71. The molecule has 1 fully saturated rings. The molecule has 180 valence electrons. The predicted molar refractivity (Wildman–Crippen MR) is 132 cm³/mol. The van der Waals surface area contributed by atoms with Crippen LogP contribution in [0.2, 0.25) is 0 Å².